The highest BCUT2D eigenvalue weighted by molar-refractivity contribution is 7.47. The molecule has 0 bridgehead atoms. The zero-order valence-electron chi connectivity index (χ0n) is 37.1. The Morgan fingerprint density at radius 2 is 1.06 bits per heavy atom. The zero-order chi connectivity index (χ0) is 48.8. The maximum atomic E-state index is 12.5. The summed E-state index contributed by atoms with van der Waals surface area (Å²) >= 11 is 0. The Morgan fingerprint density at radius 1 is 0.600 bits per heavy atom. The molecule has 4 unspecified atom stereocenters. The van der Waals surface area contributed by atoms with Crippen LogP contribution in [0.25, 0.3) is 0 Å². The summed E-state index contributed by atoms with van der Waals surface area (Å²) in [4.78, 5) is 51.5. The van der Waals surface area contributed by atoms with E-state index in [4.69, 9.17) is 33.4 Å². The van der Waals surface area contributed by atoms with Crippen molar-refractivity contribution in [2.45, 2.75) is 166 Å². The number of carbonyl (C=O) groups is 2. The Hall–Kier alpha value is -4.16. The van der Waals surface area contributed by atoms with E-state index in [2.05, 4.69) is 99.8 Å². The van der Waals surface area contributed by atoms with E-state index >= 15 is 0 Å². The zero-order valence-corrected chi connectivity index (χ0v) is 38.9. The van der Waals surface area contributed by atoms with Gasteiger partial charge in [0.15, 0.2) is 0 Å². The highest BCUT2D eigenvalue weighted by Gasteiger charge is 2.54. The predicted octanol–water partition coefficient (Wildman–Crippen LogP) is 5.89. The summed E-state index contributed by atoms with van der Waals surface area (Å²) in [6.07, 6.45) is 1.48. The van der Waals surface area contributed by atoms with Crippen molar-refractivity contribution in [1.82, 2.24) is 5.32 Å². The molecule has 1 aliphatic carbocycles. The molecule has 1 fully saturated rings. The van der Waals surface area contributed by atoms with Crippen LogP contribution in [0.3, 0.4) is 0 Å². The topological polar surface area (TPSA) is 288 Å². The van der Waals surface area contributed by atoms with E-state index in [0.717, 1.165) is 32.1 Å². The molecule has 0 saturated heterocycles. The first-order valence-electron chi connectivity index (χ1n) is 21.2. The van der Waals surface area contributed by atoms with Gasteiger partial charge in [0.1, 0.15) is 49.5 Å². The highest BCUT2D eigenvalue weighted by atomic mass is 31.2. The van der Waals surface area contributed by atoms with Crippen molar-refractivity contribution < 1.29 is 101 Å². The van der Waals surface area contributed by atoms with Gasteiger partial charge in [-0.25, -0.2) is 9.13 Å². The minimum absolute atomic E-state index is 0. The summed E-state index contributed by atoms with van der Waals surface area (Å²) in [6.45, 7) is 3.87. The third-order valence-electron chi connectivity index (χ3n) is 8.72. The Balaban J connectivity index is -0.0000000877. The first-order valence-corrected chi connectivity index (χ1v) is 24.3. The molecule has 1 amide bonds. The van der Waals surface area contributed by atoms with Crippen LogP contribution in [-0.2, 0) is 41.8 Å². The number of ether oxygens (including phenoxy) is 2. The van der Waals surface area contributed by atoms with Gasteiger partial charge >= 0.3 is 21.6 Å². The molecule has 0 radical (unpaired) electrons. The molecular weight excluding hydrogens is 888 g/mol. The molecule has 8 atom stereocenters. The van der Waals surface area contributed by atoms with Crippen molar-refractivity contribution >= 4 is 27.5 Å². The van der Waals surface area contributed by atoms with E-state index in [-0.39, 0.29) is 30.9 Å². The summed E-state index contributed by atoms with van der Waals surface area (Å²) in [7, 11) is -10.5. The van der Waals surface area contributed by atoms with Crippen molar-refractivity contribution in [3.05, 3.63) is 0 Å². The number of aliphatic hydroxyl groups excluding tert-OH is 5. The number of carbonyl (C=O) groups excluding carboxylic acids is 2. The van der Waals surface area contributed by atoms with Crippen molar-refractivity contribution in [2.24, 2.45) is 0 Å². The molecule has 0 spiro atoms. The van der Waals surface area contributed by atoms with Gasteiger partial charge < -0.3 is 49.7 Å². The molecular formula is C45H89NO17P2. The SMILES string of the molecule is CC#CC#CC#CC#CC#CC#CC#CNC(=O)CCC.CCCCCCCCCCCCCCCC(=O)O[C@H](COCO)COP(=O)(O)OC1C(O)[C@H](O)[C@H](O)C(OP(=O)(O)O)[C@@H]1O.[HH].[HH].[HH].[HH].[HH].[HH].[HH].[HH].[HH].[HH].[HH].[HH].[HH]. The number of rotatable bonds is 27. The summed E-state index contributed by atoms with van der Waals surface area (Å²) in [5.74, 6) is 31.8. The molecule has 386 valence electrons. The fourth-order valence-electron chi connectivity index (χ4n) is 5.58. The van der Waals surface area contributed by atoms with E-state index in [9.17, 15) is 44.0 Å². The number of esters is 1. The number of nitrogens with one attached hydrogen (secondary N) is 1. The van der Waals surface area contributed by atoms with Crippen molar-refractivity contribution in [3.63, 3.8) is 0 Å². The van der Waals surface area contributed by atoms with Crippen LogP contribution in [0.2, 0.25) is 0 Å². The van der Waals surface area contributed by atoms with Crippen LogP contribution in [0.4, 0.5) is 0 Å². The van der Waals surface area contributed by atoms with Crippen LogP contribution < -0.4 is 5.32 Å². The molecule has 1 aliphatic rings. The standard InChI is InChI=1S/C26H52O16P2.C19H11NO.13H2/c1-2-3-4-5-6-7-8-9-10-11-12-13-14-15-20(28)40-19(16-38-18-27)17-39-44(36,37)42-26-23(31)21(29)22(30)25(24(26)32)41-43(33,34)35;1-3-5-6-7-8-9-10-11-12-13-14-15-16-18-20-19(21)17-4-2;;;;;;;;;;;;;/h19,21-27,29-32H,2-18H2,1H3,(H,36,37)(H2,33,34,35);4,17H2,1-2H3,(H,20,21);13*1H/t19-,21-,22+,23?,24+,25?,26?;;;;;;;;;;;;;;/m1............../s1. The largest absolute Gasteiger partial charge is 0.472 e. The molecule has 20 heteroatoms. The Morgan fingerprint density at radius 3 is 1.52 bits per heavy atom. The highest BCUT2D eigenvalue weighted by Crippen LogP contribution is 2.49. The van der Waals surface area contributed by atoms with Crippen LogP contribution in [0, 0.1) is 83.0 Å². The molecule has 0 heterocycles. The summed E-state index contributed by atoms with van der Waals surface area (Å²) in [5, 5.41) is 51.7. The van der Waals surface area contributed by atoms with E-state index in [1.807, 2.05) is 6.92 Å². The number of amides is 1. The summed E-state index contributed by atoms with van der Waals surface area (Å²) in [5.41, 5.74) is 0. The Kier molecular flexibility index (Phi) is 35.6. The van der Waals surface area contributed by atoms with Crippen LogP contribution in [0.5, 0.6) is 0 Å². The minimum Gasteiger partial charge on any atom is -0.457 e. The van der Waals surface area contributed by atoms with Gasteiger partial charge in [0.25, 0.3) is 0 Å². The third-order valence-corrected chi connectivity index (χ3v) is 10.2. The van der Waals surface area contributed by atoms with Gasteiger partial charge in [0.05, 0.1) is 13.2 Å². The fourth-order valence-corrected chi connectivity index (χ4v) is 7.12. The van der Waals surface area contributed by atoms with Gasteiger partial charge in [0, 0.05) is 73.0 Å². The van der Waals surface area contributed by atoms with Gasteiger partial charge in [-0.05, 0) is 55.3 Å². The first-order chi connectivity index (χ1) is 31.0. The van der Waals surface area contributed by atoms with Crippen molar-refractivity contribution in [3.8, 4) is 83.0 Å². The second-order valence-corrected chi connectivity index (χ2v) is 16.7. The van der Waals surface area contributed by atoms with E-state index in [1.54, 1.807) is 6.92 Å². The second kappa shape index (κ2) is 38.0. The number of unbranched alkanes of at least 4 members (excludes halogenated alkanes) is 12. The molecule has 0 aromatic heterocycles. The maximum absolute atomic E-state index is 12.5. The van der Waals surface area contributed by atoms with Crippen molar-refractivity contribution in [2.75, 3.05) is 20.0 Å². The van der Waals surface area contributed by atoms with Gasteiger partial charge in [-0.2, -0.15) is 0 Å². The Labute approximate surface area is 402 Å². The van der Waals surface area contributed by atoms with Gasteiger partial charge in [-0.15, -0.1) is 0 Å². The smallest absolute Gasteiger partial charge is 0.457 e. The lowest BCUT2D eigenvalue weighted by Crippen LogP contribution is -2.64. The van der Waals surface area contributed by atoms with Gasteiger partial charge in [-0.3, -0.25) is 28.5 Å². The number of aliphatic hydroxyl groups is 5. The maximum Gasteiger partial charge on any atom is 0.472 e. The number of phosphoric acid groups is 2. The van der Waals surface area contributed by atoms with Gasteiger partial charge in [0.2, 0.25) is 5.91 Å². The molecule has 1 rings (SSSR count). The van der Waals surface area contributed by atoms with Crippen LogP contribution in [0.1, 0.15) is 142 Å². The predicted molar refractivity (Wildman–Crippen MR) is 265 cm³/mol. The lowest BCUT2D eigenvalue weighted by Gasteiger charge is -2.43. The van der Waals surface area contributed by atoms with Crippen LogP contribution in [0.15, 0.2) is 0 Å². The van der Waals surface area contributed by atoms with Crippen LogP contribution in [-0.4, -0.2) is 115 Å². The average molecular weight is 978 g/mol. The van der Waals surface area contributed by atoms with Crippen molar-refractivity contribution in [1.29, 1.82) is 0 Å². The molecule has 65 heavy (non-hydrogen) atoms. The molecule has 0 aliphatic heterocycles. The summed E-state index contributed by atoms with van der Waals surface area (Å²) < 4.78 is 47.5. The van der Waals surface area contributed by atoms with E-state index < -0.39 is 84.3 Å². The minimum atomic E-state index is -5.32. The van der Waals surface area contributed by atoms with Crippen LogP contribution >= 0.6 is 15.6 Å². The first kappa shape index (κ1) is 60.8. The Bertz CT molecular complexity index is 2010. The van der Waals surface area contributed by atoms with E-state index in [1.165, 1.54) is 51.4 Å². The second-order valence-electron chi connectivity index (χ2n) is 14.1. The normalized spacial score (nSPS) is 19.6. The number of phosphoric ester groups is 2. The lowest BCUT2D eigenvalue weighted by molar-refractivity contribution is -0.216. The number of hydrogen-bond acceptors (Lipinski definition) is 14. The average Bonchev–Trinajstić information content (AvgIpc) is 3.26. The summed E-state index contributed by atoms with van der Waals surface area (Å²) in [6, 6.07) is 2.43. The molecule has 18 nitrogen and oxygen atoms in total. The molecule has 0 aromatic carbocycles. The molecule has 9 N–H and O–H groups in total. The fraction of sp³-hybridized carbons (Fsp3) is 0.644. The molecule has 1 saturated carbocycles. The molecule has 0 aromatic rings. The lowest BCUT2D eigenvalue weighted by atomic mass is 9.85. The van der Waals surface area contributed by atoms with Gasteiger partial charge in [-0.1, -0.05) is 96.8 Å². The monoisotopic (exact) mass is 978 g/mol. The quantitative estimate of drug-likeness (QED) is 0.0116. The number of hydrogen-bond donors (Lipinski definition) is 9. The third kappa shape index (κ3) is 33.0. The van der Waals surface area contributed by atoms with E-state index in [0.29, 0.717) is 12.8 Å².